The van der Waals surface area contributed by atoms with E-state index in [1.165, 1.54) is 17.0 Å². The predicted molar refractivity (Wildman–Crippen MR) is 73.0 cm³/mol. The lowest BCUT2D eigenvalue weighted by Gasteiger charge is -2.20. The van der Waals surface area contributed by atoms with Gasteiger partial charge in [0.2, 0.25) is 0 Å². The van der Waals surface area contributed by atoms with Gasteiger partial charge in [0.1, 0.15) is 12.4 Å². The van der Waals surface area contributed by atoms with Crippen LogP contribution >= 0.6 is 0 Å². The normalized spacial score (nSPS) is 10.1. The first-order chi connectivity index (χ1) is 9.52. The van der Waals surface area contributed by atoms with Gasteiger partial charge in [0.15, 0.2) is 0 Å². The highest BCUT2D eigenvalue weighted by atomic mass is 19.1. The molecule has 0 unspecified atom stereocenters. The highest BCUT2D eigenvalue weighted by Crippen LogP contribution is 2.03. The third-order valence-electron chi connectivity index (χ3n) is 2.71. The summed E-state index contributed by atoms with van der Waals surface area (Å²) < 4.78 is 12.7. The van der Waals surface area contributed by atoms with Crippen molar-refractivity contribution in [2.24, 2.45) is 0 Å². The summed E-state index contributed by atoms with van der Waals surface area (Å²) in [6.07, 6.45) is 1.26. The number of amides is 2. The fourth-order valence-electron chi connectivity index (χ4n) is 1.76. The first-order valence-electron chi connectivity index (χ1n) is 6.52. The number of hydrogen-bond acceptors (Lipinski definition) is 2. The predicted octanol–water partition coefficient (Wildman–Crippen LogP) is 1.87. The molecule has 0 aromatic heterocycles. The Kier molecular flexibility index (Phi) is 6.49. The molecular formula is C14H19FN2O3. The van der Waals surface area contributed by atoms with Crippen molar-refractivity contribution >= 4 is 12.0 Å². The van der Waals surface area contributed by atoms with Crippen LogP contribution in [0.15, 0.2) is 24.3 Å². The van der Waals surface area contributed by atoms with Crippen LogP contribution < -0.4 is 5.32 Å². The summed E-state index contributed by atoms with van der Waals surface area (Å²) in [5.74, 6) is -1.33. The summed E-state index contributed by atoms with van der Waals surface area (Å²) in [5.41, 5.74) is 0.909. The summed E-state index contributed by atoms with van der Waals surface area (Å²) in [6.45, 7) is 2.34. The molecule has 110 valence electrons. The first-order valence-corrected chi connectivity index (χ1v) is 6.52. The van der Waals surface area contributed by atoms with E-state index in [0.717, 1.165) is 5.56 Å². The molecule has 0 saturated heterocycles. The fourth-order valence-corrected chi connectivity index (χ4v) is 1.76. The van der Waals surface area contributed by atoms with Crippen molar-refractivity contribution in [2.45, 2.75) is 19.8 Å². The second-order valence-corrected chi connectivity index (χ2v) is 4.42. The molecule has 0 aliphatic carbocycles. The van der Waals surface area contributed by atoms with Crippen LogP contribution in [0.1, 0.15) is 18.9 Å². The molecule has 0 aliphatic heterocycles. The van der Waals surface area contributed by atoms with Gasteiger partial charge in [-0.25, -0.2) is 9.18 Å². The quantitative estimate of drug-likeness (QED) is 0.802. The van der Waals surface area contributed by atoms with Gasteiger partial charge in [-0.05, 0) is 30.5 Å². The molecule has 2 N–H and O–H groups in total. The van der Waals surface area contributed by atoms with E-state index in [1.54, 1.807) is 12.1 Å². The Balaban J connectivity index is 2.40. The molecule has 20 heavy (non-hydrogen) atoms. The molecule has 1 rings (SSSR count). The molecule has 0 aliphatic rings. The number of urea groups is 1. The van der Waals surface area contributed by atoms with Crippen molar-refractivity contribution in [3.63, 3.8) is 0 Å². The molecule has 0 bridgehead atoms. The van der Waals surface area contributed by atoms with Gasteiger partial charge < -0.3 is 15.3 Å². The molecule has 0 radical (unpaired) electrons. The fraction of sp³-hybridized carbons (Fsp3) is 0.429. The highest BCUT2D eigenvalue weighted by molar-refractivity contribution is 5.80. The number of carbonyl (C=O) groups is 2. The van der Waals surface area contributed by atoms with Gasteiger partial charge in [-0.3, -0.25) is 4.79 Å². The van der Waals surface area contributed by atoms with Crippen molar-refractivity contribution in [3.8, 4) is 0 Å². The van der Waals surface area contributed by atoms with Crippen molar-refractivity contribution in [1.82, 2.24) is 10.2 Å². The number of nitrogens with one attached hydrogen (secondary N) is 1. The molecule has 0 fully saturated rings. The van der Waals surface area contributed by atoms with Gasteiger partial charge in [0.25, 0.3) is 0 Å². The molecule has 0 atom stereocenters. The van der Waals surface area contributed by atoms with Crippen LogP contribution in [0.3, 0.4) is 0 Å². The van der Waals surface area contributed by atoms with Crippen molar-refractivity contribution < 1.29 is 19.1 Å². The summed E-state index contributed by atoms with van der Waals surface area (Å²) in [5, 5.41) is 11.4. The number of carboxylic acids is 1. The number of carbonyl (C=O) groups excluding carboxylic acids is 1. The number of nitrogens with zero attached hydrogens (tertiary/aromatic N) is 1. The standard InChI is InChI=1S/C14H19FN2O3/c1-2-9-17(10-13(18)19)14(20)16-8-7-11-3-5-12(15)6-4-11/h3-6H,2,7-10H2,1H3,(H,16,20)(H,18,19). The minimum Gasteiger partial charge on any atom is -0.480 e. The summed E-state index contributed by atoms with van der Waals surface area (Å²) in [4.78, 5) is 23.7. The van der Waals surface area contributed by atoms with E-state index in [2.05, 4.69) is 5.32 Å². The van der Waals surface area contributed by atoms with Gasteiger partial charge in [-0.2, -0.15) is 0 Å². The van der Waals surface area contributed by atoms with Gasteiger partial charge >= 0.3 is 12.0 Å². The molecule has 0 saturated carbocycles. The minimum absolute atomic E-state index is 0.298. The van der Waals surface area contributed by atoms with Crippen LogP contribution in [-0.4, -0.2) is 41.6 Å². The first kappa shape index (κ1) is 15.9. The lowest BCUT2D eigenvalue weighted by molar-refractivity contribution is -0.137. The monoisotopic (exact) mass is 282 g/mol. The Labute approximate surface area is 117 Å². The molecule has 5 nitrogen and oxygen atoms in total. The second-order valence-electron chi connectivity index (χ2n) is 4.42. The van der Waals surface area contributed by atoms with Gasteiger partial charge in [-0.1, -0.05) is 19.1 Å². The summed E-state index contributed by atoms with van der Waals surface area (Å²) in [7, 11) is 0. The van der Waals surface area contributed by atoms with E-state index in [-0.39, 0.29) is 12.4 Å². The van der Waals surface area contributed by atoms with E-state index < -0.39 is 12.0 Å². The lowest BCUT2D eigenvalue weighted by Crippen LogP contribution is -2.43. The zero-order chi connectivity index (χ0) is 15.0. The van der Waals surface area contributed by atoms with Gasteiger partial charge in [0, 0.05) is 13.1 Å². The molecule has 1 aromatic rings. The van der Waals surface area contributed by atoms with Crippen LogP contribution in [0, 0.1) is 5.82 Å². The Morgan fingerprint density at radius 2 is 1.95 bits per heavy atom. The third-order valence-corrected chi connectivity index (χ3v) is 2.71. The summed E-state index contributed by atoms with van der Waals surface area (Å²) in [6, 6.07) is 5.65. The largest absolute Gasteiger partial charge is 0.480 e. The molecular weight excluding hydrogens is 263 g/mol. The lowest BCUT2D eigenvalue weighted by atomic mass is 10.1. The van der Waals surface area contributed by atoms with Crippen LogP contribution in [-0.2, 0) is 11.2 Å². The van der Waals surface area contributed by atoms with E-state index in [9.17, 15) is 14.0 Å². The zero-order valence-electron chi connectivity index (χ0n) is 11.4. The van der Waals surface area contributed by atoms with E-state index in [0.29, 0.717) is 25.9 Å². The van der Waals surface area contributed by atoms with Gasteiger partial charge in [0.05, 0.1) is 0 Å². The second kappa shape index (κ2) is 8.14. The Morgan fingerprint density at radius 1 is 1.30 bits per heavy atom. The maximum absolute atomic E-state index is 12.7. The maximum atomic E-state index is 12.7. The number of rotatable bonds is 7. The Hall–Kier alpha value is -2.11. The summed E-state index contributed by atoms with van der Waals surface area (Å²) >= 11 is 0. The molecule has 2 amide bonds. The SMILES string of the molecule is CCCN(CC(=O)O)C(=O)NCCc1ccc(F)cc1. The molecule has 6 heteroatoms. The van der Waals surface area contributed by atoms with Crippen molar-refractivity contribution in [2.75, 3.05) is 19.6 Å². The number of aliphatic carboxylic acids is 1. The average Bonchev–Trinajstić information content (AvgIpc) is 2.40. The van der Waals surface area contributed by atoms with Crippen LogP contribution in [0.25, 0.3) is 0 Å². The molecule has 0 heterocycles. The smallest absolute Gasteiger partial charge is 0.323 e. The van der Waals surface area contributed by atoms with Crippen molar-refractivity contribution in [1.29, 1.82) is 0 Å². The van der Waals surface area contributed by atoms with E-state index in [1.807, 2.05) is 6.92 Å². The number of halogens is 1. The molecule has 0 spiro atoms. The Morgan fingerprint density at radius 3 is 2.50 bits per heavy atom. The number of carboxylic acid groups (broad SMARTS) is 1. The van der Waals surface area contributed by atoms with Crippen LogP contribution in [0.4, 0.5) is 9.18 Å². The van der Waals surface area contributed by atoms with E-state index in [4.69, 9.17) is 5.11 Å². The minimum atomic E-state index is -1.04. The number of benzene rings is 1. The van der Waals surface area contributed by atoms with Crippen LogP contribution in [0.2, 0.25) is 0 Å². The van der Waals surface area contributed by atoms with Gasteiger partial charge in [-0.15, -0.1) is 0 Å². The zero-order valence-corrected chi connectivity index (χ0v) is 11.4. The van der Waals surface area contributed by atoms with Crippen LogP contribution in [0.5, 0.6) is 0 Å². The number of hydrogen-bond donors (Lipinski definition) is 2. The Bertz CT molecular complexity index is 448. The van der Waals surface area contributed by atoms with E-state index >= 15 is 0 Å². The molecule has 1 aromatic carbocycles. The topological polar surface area (TPSA) is 69.6 Å². The average molecular weight is 282 g/mol. The van der Waals surface area contributed by atoms with Crippen molar-refractivity contribution in [3.05, 3.63) is 35.6 Å². The maximum Gasteiger partial charge on any atom is 0.323 e. The third kappa shape index (κ3) is 5.69. The highest BCUT2D eigenvalue weighted by Gasteiger charge is 2.14.